The van der Waals surface area contributed by atoms with Gasteiger partial charge in [-0.3, -0.25) is 9.48 Å². The SMILES string of the molecule is CCNc1ccc(Cl)cc1C(=O)NCc1cnn(C)c1C. The highest BCUT2D eigenvalue weighted by atomic mass is 35.5. The van der Waals surface area contributed by atoms with Crippen molar-refractivity contribution in [3.8, 4) is 0 Å². The van der Waals surface area contributed by atoms with E-state index in [0.717, 1.165) is 23.5 Å². The highest BCUT2D eigenvalue weighted by Gasteiger charge is 2.13. The third-order valence-electron chi connectivity index (χ3n) is 3.37. The first kappa shape index (κ1) is 15.4. The van der Waals surface area contributed by atoms with Gasteiger partial charge < -0.3 is 10.6 Å². The molecule has 0 saturated heterocycles. The summed E-state index contributed by atoms with van der Waals surface area (Å²) in [6.07, 6.45) is 1.76. The van der Waals surface area contributed by atoms with Crippen molar-refractivity contribution in [1.29, 1.82) is 0 Å². The monoisotopic (exact) mass is 306 g/mol. The van der Waals surface area contributed by atoms with Crippen LogP contribution in [-0.2, 0) is 13.6 Å². The standard InChI is InChI=1S/C15H19ClN4O/c1-4-17-14-6-5-12(16)7-13(14)15(21)18-8-11-9-19-20(3)10(11)2/h5-7,9,17H,4,8H2,1-3H3,(H,18,21). The van der Waals surface area contributed by atoms with Crippen LogP contribution in [-0.4, -0.2) is 22.2 Å². The molecule has 112 valence electrons. The molecular weight excluding hydrogens is 288 g/mol. The van der Waals surface area contributed by atoms with Crippen LogP contribution in [0.4, 0.5) is 5.69 Å². The van der Waals surface area contributed by atoms with E-state index in [-0.39, 0.29) is 5.91 Å². The van der Waals surface area contributed by atoms with Crippen molar-refractivity contribution in [1.82, 2.24) is 15.1 Å². The Morgan fingerprint density at radius 1 is 1.43 bits per heavy atom. The lowest BCUT2D eigenvalue weighted by atomic mass is 10.1. The summed E-state index contributed by atoms with van der Waals surface area (Å²) in [5, 5.41) is 10.8. The third-order valence-corrected chi connectivity index (χ3v) is 3.60. The molecule has 21 heavy (non-hydrogen) atoms. The lowest BCUT2D eigenvalue weighted by Crippen LogP contribution is -2.24. The van der Waals surface area contributed by atoms with E-state index in [9.17, 15) is 4.79 Å². The van der Waals surface area contributed by atoms with Gasteiger partial charge in [0, 0.05) is 42.1 Å². The number of carbonyl (C=O) groups is 1. The minimum Gasteiger partial charge on any atom is -0.385 e. The molecule has 6 heteroatoms. The van der Waals surface area contributed by atoms with Gasteiger partial charge in [0.05, 0.1) is 11.8 Å². The van der Waals surface area contributed by atoms with Crippen molar-refractivity contribution >= 4 is 23.2 Å². The van der Waals surface area contributed by atoms with Crippen molar-refractivity contribution in [2.24, 2.45) is 7.05 Å². The number of nitrogens with one attached hydrogen (secondary N) is 2. The van der Waals surface area contributed by atoms with Gasteiger partial charge in [-0.05, 0) is 32.0 Å². The number of hydrogen-bond donors (Lipinski definition) is 2. The van der Waals surface area contributed by atoms with Gasteiger partial charge in [-0.1, -0.05) is 11.6 Å². The van der Waals surface area contributed by atoms with Crippen LogP contribution in [0, 0.1) is 6.92 Å². The van der Waals surface area contributed by atoms with Gasteiger partial charge in [-0.15, -0.1) is 0 Å². The predicted octanol–water partition coefficient (Wildman–Crippen LogP) is 2.74. The van der Waals surface area contributed by atoms with E-state index in [1.807, 2.05) is 27.0 Å². The molecule has 1 aromatic carbocycles. The van der Waals surface area contributed by atoms with E-state index in [0.29, 0.717) is 17.1 Å². The first-order valence-electron chi connectivity index (χ1n) is 6.82. The molecule has 0 spiro atoms. The van der Waals surface area contributed by atoms with E-state index < -0.39 is 0 Å². The zero-order valence-electron chi connectivity index (χ0n) is 12.4. The molecule has 0 fully saturated rings. The molecule has 2 aromatic rings. The molecule has 0 unspecified atom stereocenters. The van der Waals surface area contributed by atoms with E-state index in [4.69, 9.17) is 11.6 Å². The molecule has 0 aliphatic heterocycles. The maximum atomic E-state index is 12.3. The van der Waals surface area contributed by atoms with Gasteiger partial charge in [-0.2, -0.15) is 5.10 Å². The summed E-state index contributed by atoms with van der Waals surface area (Å²) in [7, 11) is 1.88. The molecule has 0 aliphatic rings. The number of anilines is 1. The predicted molar refractivity (Wildman–Crippen MR) is 84.7 cm³/mol. The fourth-order valence-corrected chi connectivity index (χ4v) is 2.21. The van der Waals surface area contributed by atoms with Crippen LogP contribution in [0.2, 0.25) is 5.02 Å². The second-order valence-corrected chi connectivity index (χ2v) is 5.22. The lowest BCUT2D eigenvalue weighted by molar-refractivity contribution is 0.0951. The summed E-state index contributed by atoms with van der Waals surface area (Å²) < 4.78 is 1.78. The Kier molecular flexibility index (Phi) is 4.85. The number of nitrogens with zero attached hydrogens (tertiary/aromatic N) is 2. The van der Waals surface area contributed by atoms with E-state index >= 15 is 0 Å². The van der Waals surface area contributed by atoms with E-state index in [2.05, 4.69) is 15.7 Å². The molecule has 0 bridgehead atoms. The Hall–Kier alpha value is -2.01. The first-order chi connectivity index (χ1) is 10.0. The smallest absolute Gasteiger partial charge is 0.253 e. The van der Waals surface area contributed by atoms with Crippen LogP contribution in [0.25, 0.3) is 0 Å². The lowest BCUT2D eigenvalue weighted by Gasteiger charge is -2.11. The number of aryl methyl sites for hydroxylation is 1. The molecule has 1 aromatic heterocycles. The van der Waals surface area contributed by atoms with Crippen LogP contribution >= 0.6 is 11.6 Å². The van der Waals surface area contributed by atoms with Gasteiger partial charge in [0.2, 0.25) is 0 Å². The Bertz CT molecular complexity index is 651. The molecule has 0 aliphatic carbocycles. The molecule has 0 radical (unpaired) electrons. The maximum Gasteiger partial charge on any atom is 0.253 e. The molecule has 0 saturated carbocycles. The van der Waals surface area contributed by atoms with E-state index in [1.54, 1.807) is 23.0 Å². The van der Waals surface area contributed by atoms with Crippen molar-refractivity contribution in [3.05, 3.63) is 46.2 Å². The average Bonchev–Trinajstić information content (AvgIpc) is 2.78. The van der Waals surface area contributed by atoms with Crippen molar-refractivity contribution in [2.45, 2.75) is 20.4 Å². The summed E-state index contributed by atoms with van der Waals surface area (Å²) in [4.78, 5) is 12.3. The van der Waals surface area contributed by atoms with Crippen LogP contribution in [0.3, 0.4) is 0 Å². The highest BCUT2D eigenvalue weighted by Crippen LogP contribution is 2.20. The normalized spacial score (nSPS) is 10.5. The number of benzene rings is 1. The molecule has 1 amide bonds. The largest absolute Gasteiger partial charge is 0.385 e. The first-order valence-corrected chi connectivity index (χ1v) is 7.19. The van der Waals surface area contributed by atoms with Gasteiger partial charge in [0.15, 0.2) is 0 Å². The quantitative estimate of drug-likeness (QED) is 0.893. The summed E-state index contributed by atoms with van der Waals surface area (Å²) in [5.41, 5.74) is 3.36. The van der Waals surface area contributed by atoms with Gasteiger partial charge in [0.1, 0.15) is 0 Å². The van der Waals surface area contributed by atoms with Gasteiger partial charge >= 0.3 is 0 Å². The summed E-state index contributed by atoms with van der Waals surface area (Å²) in [6.45, 7) is 5.13. The average molecular weight is 307 g/mol. The third kappa shape index (κ3) is 3.55. The zero-order valence-corrected chi connectivity index (χ0v) is 13.2. The van der Waals surface area contributed by atoms with Crippen LogP contribution in [0.5, 0.6) is 0 Å². The molecular formula is C15H19ClN4O. The second-order valence-electron chi connectivity index (χ2n) is 4.78. The second kappa shape index (κ2) is 6.63. The number of carbonyl (C=O) groups excluding carboxylic acids is 1. The summed E-state index contributed by atoms with van der Waals surface area (Å²) in [6, 6.07) is 5.25. The molecule has 2 rings (SSSR count). The van der Waals surface area contributed by atoms with Crippen molar-refractivity contribution in [2.75, 3.05) is 11.9 Å². The number of rotatable bonds is 5. The Morgan fingerprint density at radius 2 is 2.19 bits per heavy atom. The maximum absolute atomic E-state index is 12.3. The van der Waals surface area contributed by atoms with Crippen molar-refractivity contribution in [3.63, 3.8) is 0 Å². The Balaban J connectivity index is 2.13. The van der Waals surface area contributed by atoms with Gasteiger partial charge in [0.25, 0.3) is 5.91 Å². The zero-order chi connectivity index (χ0) is 15.4. The number of amides is 1. The van der Waals surface area contributed by atoms with E-state index in [1.165, 1.54) is 0 Å². The fourth-order valence-electron chi connectivity index (χ4n) is 2.04. The molecule has 5 nitrogen and oxygen atoms in total. The summed E-state index contributed by atoms with van der Waals surface area (Å²) in [5.74, 6) is -0.156. The van der Waals surface area contributed by atoms with Crippen molar-refractivity contribution < 1.29 is 4.79 Å². The van der Waals surface area contributed by atoms with Crippen LogP contribution in [0.1, 0.15) is 28.5 Å². The summed E-state index contributed by atoms with van der Waals surface area (Å²) >= 11 is 5.99. The number of aromatic nitrogens is 2. The molecule has 2 N–H and O–H groups in total. The molecule has 1 heterocycles. The van der Waals surface area contributed by atoms with Crippen LogP contribution in [0.15, 0.2) is 24.4 Å². The number of halogens is 1. The fraction of sp³-hybridized carbons (Fsp3) is 0.333. The Labute approximate surface area is 129 Å². The highest BCUT2D eigenvalue weighted by molar-refractivity contribution is 6.31. The van der Waals surface area contributed by atoms with Crippen LogP contribution < -0.4 is 10.6 Å². The topological polar surface area (TPSA) is 59.0 Å². The Morgan fingerprint density at radius 3 is 2.81 bits per heavy atom. The minimum atomic E-state index is -0.156. The van der Waals surface area contributed by atoms with Gasteiger partial charge in [-0.25, -0.2) is 0 Å². The minimum absolute atomic E-state index is 0.156. The molecule has 0 atom stereocenters. The number of hydrogen-bond acceptors (Lipinski definition) is 3.